The fraction of sp³-hybridized carbons (Fsp3) is 0.227. The smallest absolute Gasteiger partial charge is 0.416 e. The Bertz CT molecular complexity index is 1260. The molecular formula is C22H17BrF5N3O4. The number of hydrogen-bond acceptors (Lipinski definition) is 5. The van der Waals surface area contributed by atoms with E-state index in [2.05, 4.69) is 20.9 Å². The number of benzene rings is 2. The molecule has 0 bridgehead atoms. The number of carbonyl (C=O) groups is 2. The van der Waals surface area contributed by atoms with Gasteiger partial charge in [0.05, 0.1) is 12.0 Å². The topological polar surface area (TPSA) is 98.7 Å². The van der Waals surface area contributed by atoms with Crippen LogP contribution < -0.4 is 10.5 Å². The zero-order chi connectivity index (χ0) is 26.1. The van der Waals surface area contributed by atoms with Gasteiger partial charge < -0.3 is 19.8 Å². The molecule has 0 aliphatic heterocycles. The molecule has 2 aromatic carbocycles. The fourth-order valence-electron chi connectivity index (χ4n) is 2.97. The van der Waals surface area contributed by atoms with Crippen molar-refractivity contribution in [3.8, 4) is 17.0 Å². The molecule has 1 atom stereocenters. The Morgan fingerprint density at radius 1 is 1.14 bits per heavy atom. The summed E-state index contributed by atoms with van der Waals surface area (Å²) in [7, 11) is 2.92. The van der Waals surface area contributed by atoms with Crippen molar-refractivity contribution in [2.75, 3.05) is 14.1 Å². The average molecular weight is 562 g/mol. The molecule has 0 saturated heterocycles. The van der Waals surface area contributed by atoms with Crippen LogP contribution in [-0.2, 0) is 11.0 Å². The maximum Gasteiger partial charge on any atom is 0.416 e. The Balaban J connectivity index is 2.01. The predicted molar refractivity (Wildman–Crippen MR) is 116 cm³/mol. The van der Waals surface area contributed by atoms with E-state index in [1.54, 1.807) is 0 Å². The van der Waals surface area contributed by atoms with Crippen molar-refractivity contribution in [1.29, 1.82) is 0 Å². The van der Waals surface area contributed by atoms with Crippen LogP contribution in [0.5, 0.6) is 5.75 Å². The fourth-order valence-corrected chi connectivity index (χ4v) is 3.46. The summed E-state index contributed by atoms with van der Waals surface area (Å²) in [6.07, 6.45) is -6.29. The minimum absolute atomic E-state index is 0.00978. The van der Waals surface area contributed by atoms with Crippen molar-refractivity contribution in [2.24, 2.45) is 5.73 Å². The second-order valence-corrected chi connectivity index (χ2v) is 8.17. The monoisotopic (exact) mass is 561 g/mol. The summed E-state index contributed by atoms with van der Waals surface area (Å²) in [5.41, 5.74) is 3.48. The number of nitrogens with zero attached hydrogens (tertiary/aromatic N) is 2. The van der Waals surface area contributed by atoms with Gasteiger partial charge in [0.2, 0.25) is 11.8 Å². The van der Waals surface area contributed by atoms with Crippen LogP contribution in [0.1, 0.15) is 34.3 Å². The molecule has 0 aliphatic carbocycles. The largest absolute Gasteiger partial charge is 0.477 e. The summed E-state index contributed by atoms with van der Waals surface area (Å²) in [4.78, 5) is 29.2. The first-order valence-corrected chi connectivity index (χ1v) is 10.6. The first kappa shape index (κ1) is 26.1. The maximum atomic E-state index is 14.7. The number of primary amides is 1. The molecule has 0 radical (unpaired) electrons. The van der Waals surface area contributed by atoms with Crippen molar-refractivity contribution in [2.45, 2.75) is 18.7 Å². The summed E-state index contributed by atoms with van der Waals surface area (Å²) in [5, 5.41) is 0. The van der Waals surface area contributed by atoms with Crippen molar-refractivity contribution < 1.29 is 40.7 Å². The third-order valence-corrected chi connectivity index (χ3v) is 5.33. The van der Waals surface area contributed by atoms with Gasteiger partial charge in [-0.2, -0.15) is 13.2 Å². The highest BCUT2D eigenvalue weighted by Gasteiger charge is 2.31. The van der Waals surface area contributed by atoms with Gasteiger partial charge in [-0.15, -0.1) is 0 Å². The minimum atomic E-state index is -4.53. The van der Waals surface area contributed by atoms with Crippen LogP contribution in [0.4, 0.5) is 22.0 Å². The van der Waals surface area contributed by atoms with Crippen molar-refractivity contribution in [3.05, 3.63) is 69.7 Å². The summed E-state index contributed by atoms with van der Waals surface area (Å²) in [5.74, 6) is -5.25. The summed E-state index contributed by atoms with van der Waals surface area (Å²) >= 11 is 3.13. The van der Waals surface area contributed by atoms with Gasteiger partial charge in [0, 0.05) is 19.7 Å². The Labute approximate surface area is 203 Å². The molecule has 1 heterocycles. The first-order chi connectivity index (χ1) is 16.3. The highest BCUT2D eigenvalue weighted by Crippen LogP contribution is 2.36. The standard InChI is InChI=1S/C22H17BrF5N3O4/c1-31(2)15(32)9-14(34-13-8-7-12(24)16(17(13)25)20(29)33)21-30-18(19(23)35-21)10-3-5-11(6-4-10)22(26,27)28/h3-8,14H,9H2,1-2H3,(H2,29,33). The molecule has 1 aromatic heterocycles. The number of rotatable bonds is 7. The van der Waals surface area contributed by atoms with E-state index in [-0.39, 0.29) is 21.8 Å². The van der Waals surface area contributed by atoms with Crippen LogP contribution in [-0.4, -0.2) is 35.8 Å². The molecule has 186 valence electrons. The number of alkyl halides is 3. The number of hydrogen-bond donors (Lipinski definition) is 1. The lowest BCUT2D eigenvalue weighted by Crippen LogP contribution is -2.26. The van der Waals surface area contributed by atoms with E-state index in [0.29, 0.717) is 0 Å². The quantitative estimate of drug-likeness (QED) is 0.405. The molecule has 13 heteroatoms. The maximum absolute atomic E-state index is 14.7. The molecule has 0 saturated carbocycles. The molecule has 0 aliphatic rings. The van der Waals surface area contributed by atoms with Gasteiger partial charge in [-0.3, -0.25) is 9.59 Å². The zero-order valence-electron chi connectivity index (χ0n) is 18.1. The van der Waals surface area contributed by atoms with Gasteiger partial charge in [0.15, 0.2) is 22.3 Å². The summed E-state index contributed by atoms with van der Waals surface area (Å²) < 4.78 is 78.2. The van der Waals surface area contributed by atoms with Crippen LogP contribution in [0.25, 0.3) is 11.3 Å². The Morgan fingerprint density at radius 2 is 1.77 bits per heavy atom. The molecule has 7 nitrogen and oxygen atoms in total. The van der Waals surface area contributed by atoms with E-state index >= 15 is 0 Å². The second kappa shape index (κ2) is 10.0. The van der Waals surface area contributed by atoms with E-state index < -0.39 is 59.0 Å². The van der Waals surface area contributed by atoms with Gasteiger partial charge >= 0.3 is 6.18 Å². The SMILES string of the molecule is CN(C)C(=O)CC(Oc1ccc(F)c(C(N)=O)c1F)c1nc(-c2ccc(C(F)(F)F)cc2)c(Br)o1. The predicted octanol–water partition coefficient (Wildman–Crippen LogP) is 5.10. The number of carbonyl (C=O) groups excluding carboxylic acids is 2. The first-order valence-electron chi connectivity index (χ1n) is 9.78. The summed E-state index contributed by atoms with van der Waals surface area (Å²) in [6, 6.07) is 5.74. The Kier molecular flexibility index (Phi) is 7.48. The lowest BCUT2D eigenvalue weighted by Gasteiger charge is -2.19. The van der Waals surface area contributed by atoms with E-state index in [4.69, 9.17) is 14.9 Å². The molecule has 1 unspecified atom stereocenters. The number of halogens is 6. The van der Waals surface area contributed by atoms with Crippen LogP contribution in [0.2, 0.25) is 0 Å². The molecule has 0 fully saturated rings. The van der Waals surface area contributed by atoms with E-state index in [1.807, 2.05) is 0 Å². The molecular weight excluding hydrogens is 545 g/mol. The number of nitrogens with two attached hydrogens (primary N) is 1. The lowest BCUT2D eigenvalue weighted by molar-refractivity contribution is -0.137. The van der Waals surface area contributed by atoms with Crippen LogP contribution in [0.15, 0.2) is 45.5 Å². The Morgan fingerprint density at radius 3 is 2.31 bits per heavy atom. The van der Waals surface area contributed by atoms with E-state index in [1.165, 1.54) is 31.1 Å². The van der Waals surface area contributed by atoms with Crippen molar-refractivity contribution in [3.63, 3.8) is 0 Å². The van der Waals surface area contributed by atoms with Crippen LogP contribution >= 0.6 is 15.9 Å². The number of ether oxygens (including phenoxy) is 1. The highest BCUT2D eigenvalue weighted by molar-refractivity contribution is 9.10. The third-order valence-electron chi connectivity index (χ3n) is 4.79. The number of amides is 2. The third kappa shape index (κ3) is 5.78. The Hall–Kier alpha value is -3.48. The molecule has 35 heavy (non-hydrogen) atoms. The molecule has 2 amide bonds. The van der Waals surface area contributed by atoms with Gasteiger partial charge in [-0.05, 0) is 40.2 Å². The zero-order valence-corrected chi connectivity index (χ0v) is 19.7. The molecule has 3 aromatic rings. The van der Waals surface area contributed by atoms with Crippen molar-refractivity contribution in [1.82, 2.24) is 9.88 Å². The molecule has 2 N–H and O–H groups in total. The highest BCUT2D eigenvalue weighted by atomic mass is 79.9. The van der Waals surface area contributed by atoms with E-state index in [0.717, 1.165) is 24.3 Å². The lowest BCUT2D eigenvalue weighted by atomic mass is 10.1. The minimum Gasteiger partial charge on any atom is -0.477 e. The van der Waals surface area contributed by atoms with Gasteiger partial charge in [0.25, 0.3) is 5.91 Å². The van der Waals surface area contributed by atoms with E-state index in [9.17, 15) is 31.5 Å². The summed E-state index contributed by atoms with van der Waals surface area (Å²) in [6.45, 7) is 0. The molecule has 0 spiro atoms. The second-order valence-electron chi connectivity index (χ2n) is 7.45. The van der Waals surface area contributed by atoms with Crippen molar-refractivity contribution >= 4 is 27.7 Å². The van der Waals surface area contributed by atoms with Gasteiger partial charge in [-0.25, -0.2) is 13.8 Å². The molecule has 3 rings (SSSR count). The number of aromatic nitrogens is 1. The van der Waals surface area contributed by atoms with Gasteiger partial charge in [-0.1, -0.05) is 12.1 Å². The van der Waals surface area contributed by atoms with Crippen LogP contribution in [0, 0.1) is 11.6 Å². The normalized spacial score (nSPS) is 12.3. The number of oxazole rings is 1. The average Bonchev–Trinajstić information content (AvgIpc) is 3.15. The van der Waals surface area contributed by atoms with Crippen LogP contribution in [0.3, 0.4) is 0 Å². The van der Waals surface area contributed by atoms with Gasteiger partial charge in [0.1, 0.15) is 17.1 Å².